The highest BCUT2D eigenvalue weighted by atomic mass is 28.4. The van der Waals surface area contributed by atoms with E-state index in [0.29, 0.717) is 13.2 Å². The van der Waals surface area contributed by atoms with Gasteiger partial charge < -0.3 is 18.3 Å². The van der Waals surface area contributed by atoms with E-state index in [-0.39, 0.29) is 10.6 Å². The second kappa shape index (κ2) is 7.36. The molecule has 0 aliphatic carbocycles. The maximum atomic E-state index is 6.44. The Balaban J connectivity index is 3.17. The molecule has 1 aliphatic rings. The van der Waals surface area contributed by atoms with Gasteiger partial charge in [-0.1, -0.05) is 20.8 Å². The first kappa shape index (κ1) is 18.1. The molecular formula is C15H32O4Si. The van der Waals surface area contributed by atoms with Crippen molar-refractivity contribution < 1.29 is 18.3 Å². The van der Waals surface area contributed by atoms with E-state index in [0.717, 1.165) is 32.7 Å². The Morgan fingerprint density at radius 3 is 1.95 bits per heavy atom. The van der Waals surface area contributed by atoms with E-state index in [2.05, 4.69) is 27.3 Å². The third-order valence-corrected chi connectivity index (χ3v) is 8.69. The molecule has 0 amide bonds. The normalized spacial score (nSPS) is 21.3. The molecule has 4 nitrogen and oxygen atoms in total. The standard InChI is InChI=1S/C15H32O4Si/c1-7-11-17-15(8-2,14(5)12-16-13-14)20(6,18-9-3)19-10-4/h7-13H2,1-6H3. The second-order valence-electron chi connectivity index (χ2n) is 5.89. The van der Waals surface area contributed by atoms with Crippen LogP contribution in [0.5, 0.6) is 0 Å². The van der Waals surface area contributed by atoms with Gasteiger partial charge in [-0.2, -0.15) is 0 Å². The summed E-state index contributed by atoms with van der Waals surface area (Å²) >= 11 is 0. The molecule has 1 aliphatic heterocycles. The fourth-order valence-electron chi connectivity index (χ4n) is 3.45. The molecule has 1 atom stereocenters. The highest BCUT2D eigenvalue weighted by Crippen LogP contribution is 2.49. The molecule has 0 saturated carbocycles. The molecule has 5 heteroatoms. The molecule has 0 aromatic heterocycles. The molecule has 120 valence electrons. The minimum atomic E-state index is -2.47. The van der Waals surface area contributed by atoms with E-state index in [1.807, 2.05) is 13.8 Å². The minimum Gasteiger partial charge on any atom is -0.393 e. The first-order chi connectivity index (χ1) is 9.45. The summed E-state index contributed by atoms with van der Waals surface area (Å²) < 4.78 is 24.3. The highest BCUT2D eigenvalue weighted by molar-refractivity contribution is 6.69. The molecule has 1 heterocycles. The van der Waals surface area contributed by atoms with Gasteiger partial charge >= 0.3 is 8.56 Å². The van der Waals surface area contributed by atoms with Gasteiger partial charge in [0.15, 0.2) is 0 Å². The van der Waals surface area contributed by atoms with Crippen LogP contribution in [-0.2, 0) is 18.3 Å². The van der Waals surface area contributed by atoms with Crippen molar-refractivity contribution in [3.05, 3.63) is 0 Å². The van der Waals surface area contributed by atoms with Crippen molar-refractivity contribution in [2.75, 3.05) is 33.0 Å². The van der Waals surface area contributed by atoms with Crippen LogP contribution in [0.25, 0.3) is 0 Å². The molecule has 1 fully saturated rings. The van der Waals surface area contributed by atoms with Gasteiger partial charge in [-0.15, -0.1) is 0 Å². The van der Waals surface area contributed by atoms with E-state index in [1.54, 1.807) is 0 Å². The fourth-order valence-corrected chi connectivity index (χ4v) is 7.35. The van der Waals surface area contributed by atoms with Crippen LogP contribution in [0.4, 0.5) is 0 Å². The summed E-state index contributed by atoms with van der Waals surface area (Å²) in [6.45, 7) is 16.3. The number of hydrogen-bond acceptors (Lipinski definition) is 4. The van der Waals surface area contributed by atoms with Gasteiger partial charge in [-0.25, -0.2) is 0 Å². The molecule has 0 bridgehead atoms. The minimum absolute atomic E-state index is 0.0117. The van der Waals surface area contributed by atoms with Gasteiger partial charge in [0, 0.05) is 25.2 Å². The smallest absolute Gasteiger partial charge is 0.368 e. The summed E-state index contributed by atoms with van der Waals surface area (Å²) in [6.07, 6.45) is 1.90. The molecule has 0 aromatic rings. The Hall–Kier alpha value is 0.0569. The SMILES string of the molecule is CCCOC(CC)(C1(C)COC1)[Si](C)(OCC)OCC. The van der Waals surface area contributed by atoms with Gasteiger partial charge in [-0.3, -0.25) is 0 Å². The van der Waals surface area contributed by atoms with E-state index in [1.165, 1.54) is 0 Å². The van der Waals surface area contributed by atoms with Crippen molar-refractivity contribution in [2.24, 2.45) is 5.41 Å². The molecule has 1 saturated heterocycles. The molecule has 0 spiro atoms. The van der Waals surface area contributed by atoms with Crippen LogP contribution in [0.2, 0.25) is 6.55 Å². The van der Waals surface area contributed by atoms with Crippen molar-refractivity contribution in [1.82, 2.24) is 0 Å². The van der Waals surface area contributed by atoms with Crippen molar-refractivity contribution in [3.8, 4) is 0 Å². The van der Waals surface area contributed by atoms with Crippen LogP contribution >= 0.6 is 0 Å². The maximum absolute atomic E-state index is 6.44. The topological polar surface area (TPSA) is 36.9 Å². The van der Waals surface area contributed by atoms with Gasteiger partial charge in [-0.05, 0) is 33.2 Å². The molecule has 0 aromatic carbocycles. The summed E-state index contributed by atoms with van der Waals surface area (Å²) in [4.78, 5) is 0. The average Bonchev–Trinajstić information content (AvgIpc) is 2.38. The van der Waals surface area contributed by atoms with Crippen molar-refractivity contribution in [3.63, 3.8) is 0 Å². The zero-order valence-corrected chi connectivity index (χ0v) is 15.1. The van der Waals surface area contributed by atoms with Crippen LogP contribution in [0.15, 0.2) is 0 Å². The lowest BCUT2D eigenvalue weighted by Gasteiger charge is -2.57. The van der Waals surface area contributed by atoms with Crippen LogP contribution < -0.4 is 0 Å². The quantitative estimate of drug-likeness (QED) is 0.580. The third kappa shape index (κ3) is 2.97. The number of ether oxygens (including phenoxy) is 2. The Morgan fingerprint density at radius 2 is 1.65 bits per heavy atom. The molecule has 1 rings (SSSR count). The summed E-state index contributed by atoms with van der Waals surface area (Å²) in [5.74, 6) is 0. The van der Waals surface area contributed by atoms with Gasteiger partial charge in [0.25, 0.3) is 0 Å². The van der Waals surface area contributed by atoms with E-state index >= 15 is 0 Å². The van der Waals surface area contributed by atoms with Crippen molar-refractivity contribution in [1.29, 1.82) is 0 Å². The molecule has 0 N–H and O–H groups in total. The summed E-state index contributed by atoms with van der Waals surface area (Å²) in [5.41, 5.74) is -0.0117. The van der Waals surface area contributed by atoms with Crippen LogP contribution in [0.3, 0.4) is 0 Å². The van der Waals surface area contributed by atoms with Crippen LogP contribution in [0, 0.1) is 5.41 Å². The highest BCUT2D eigenvalue weighted by Gasteiger charge is 2.66. The van der Waals surface area contributed by atoms with Crippen LogP contribution in [0.1, 0.15) is 47.5 Å². The van der Waals surface area contributed by atoms with E-state index in [4.69, 9.17) is 18.3 Å². The lowest BCUT2D eigenvalue weighted by Crippen LogP contribution is -2.74. The van der Waals surface area contributed by atoms with Gasteiger partial charge in [0.05, 0.1) is 13.2 Å². The van der Waals surface area contributed by atoms with Gasteiger partial charge in [0.2, 0.25) is 0 Å². The lowest BCUT2D eigenvalue weighted by atomic mass is 9.80. The predicted molar refractivity (Wildman–Crippen MR) is 83.1 cm³/mol. The summed E-state index contributed by atoms with van der Waals surface area (Å²) in [7, 11) is -2.47. The van der Waals surface area contributed by atoms with Crippen molar-refractivity contribution in [2.45, 2.75) is 59.2 Å². The first-order valence-corrected chi connectivity index (χ1v) is 10.3. The number of rotatable bonds is 10. The zero-order chi connectivity index (χ0) is 15.3. The van der Waals surface area contributed by atoms with Crippen LogP contribution in [-0.4, -0.2) is 46.8 Å². The number of hydrogen-bond donors (Lipinski definition) is 0. The average molecular weight is 305 g/mol. The Labute approximate surface area is 125 Å². The van der Waals surface area contributed by atoms with Gasteiger partial charge in [0.1, 0.15) is 5.22 Å². The molecule has 1 unspecified atom stereocenters. The van der Waals surface area contributed by atoms with E-state index < -0.39 is 8.56 Å². The summed E-state index contributed by atoms with van der Waals surface area (Å²) in [5, 5.41) is -0.347. The maximum Gasteiger partial charge on any atom is 0.368 e. The fraction of sp³-hybridized carbons (Fsp3) is 1.00. The lowest BCUT2D eigenvalue weighted by molar-refractivity contribution is -0.215. The van der Waals surface area contributed by atoms with E-state index in [9.17, 15) is 0 Å². The Bertz CT molecular complexity index is 288. The Morgan fingerprint density at radius 1 is 1.10 bits per heavy atom. The largest absolute Gasteiger partial charge is 0.393 e. The Kier molecular flexibility index (Phi) is 6.66. The third-order valence-electron chi connectivity index (χ3n) is 4.44. The zero-order valence-electron chi connectivity index (χ0n) is 14.1. The monoisotopic (exact) mass is 304 g/mol. The predicted octanol–water partition coefficient (Wildman–Crippen LogP) is 3.28. The second-order valence-corrected chi connectivity index (χ2v) is 9.17. The first-order valence-electron chi connectivity index (χ1n) is 7.94. The molecule has 0 radical (unpaired) electrons. The molecule has 20 heavy (non-hydrogen) atoms. The molecular weight excluding hydrogens is 272 g/mol. The van der Waals surface area contributed by atoms with Crippen molar-refractivity contribution >= 4 is 8.56 Å². The summed E-state index contributed by atoms with van der Waals surface area (Å²) in [6, 6.07) is 0.